The molecule has 0 aromatic heterocycles. The van der Waals surface area contributed by atoms with E-state index < -0.39 is 10.1 Å². The third-order valence-corrected chi connectivity index (χ3v) is 4.99. The van der Waals surface area contributed by atoms with Crippen LogP contribution in [0, 0.1) is 12.8 Å². The summed E-state index contributed by atoms with van der Waals surface area (Å²) in [5.74, 6) is 1.35. The van der Waals surface area contributed by atoms with E-state index in [4.69, 9.17) is 8.92 Å². The summed E-state index contributed by atoms with van der Waals surface area (Å²) in [6.07, 6.45) is 1.39. The second-order valence-electron chi connectivity index (χ2n) is 6.54. The highest BCUT2D eigenvalue weighted by Gasteiger charge is 2.14. The first-order chi connectivity index (χ1) is 11.9. The Morgan fingerprint density at radius 3 is 2.20 bits per heavy atom. The Morgan fingerprint density at radius 1 is 0.960 bits per heavy atom. The van der Waals surface area contributed by atoms with Gasteiger partial charge in [-0.15, -0.1) is 0 Å². The highest BCUT2D eigenvalue weighted by Crippen LogP contribution is 2.16. The maximum absolute atomic E-state index is 12.1. The van der Waals surface area contributed by atoms with Crippen LogP contribution in [-0.4, -0.2) is 21.6 Å². The first kappa shape index (κ1) is 19.5. The molecule has 0 bridgehead atoms. The summed E-state index contributed by atoms with van der Waals surface area (Å²) < 4.78 is 34.9. The normalized spacial score (nSPS) is 11.7. The van der Waals surface area contributed by atoms with Crippen LogP contribution in [0.25, 0.3) is 0 Å². The lowest BCUT2D eigenvalue weighted by Gasteiger charge is -2.09. The second kappa shape index (κ2) is 9.02. The Kier molecular flexibility index (Phi) is 7.02. The van der Waals surface area contributed by atoms with E-state index in [0.717, 1.165) is 23.3 Å². The molecule has 0 saturated heterocycles. The summed E-state index contributed by atoms with van der Waals surface area (Å²) in [6, 6.07) is 14.6. The van der Waals surface area contributed by atoms with Gasteiger partial charge in [-0.25, -0.2) is 0 Å². The molecule has 136 valence electrons. The summed E-state index contributed by atoms with van der Waals surface area (Å²) >= 11 is 0. The molecule has 25 heavy (non-hydrogen) atoms. The van der Waals surface area contributed by atoms with Crippen molar-refractivity contribution in [3.05, 3.63) is 59.7 Å². The number of ether oxygens (including phenoxy) is 1. The summed E-state index contributed by atoms with van der Waals surface area (Å²) in [6.45, 7) is 7.00. The molecule has 5 heteroatoms. The van der Waals surface area contributed by atoms with Gasteiger partial charge in [0.1, 0.15) is 5.75 Å². The standard InChI is InChI=1S/C20H26O4S/c1-16(2)15-23-19-10-8-18(9-11-19)5-4-14-24-25(21,22)20-12-6-17(3)7-13-20/h6-13,16H,4-5,14-15H2,1-3H3. The van der Waals surface area contributed by atoms with E-state index in [1.807, 2.05) is 31.2 Å². The maximum atomic E-state index is 12.1. The van der Waals surface area contributed by atoms with Gasteiger partial charge in [-0.1, -0.05) is 43.7 Å². The molecule has 0 aliphatic rings. The molecule has 0 fully saturated rings. The number of aryl methyl sites for hydroxylation is 2. The Hall–Kier alpha value is -1.85. The minimum atomic E-state index is -3.67. The van der Waals surface area contributed by atoms with Gasteiger partial charge in [0.2, 0.25) is 0 Å². The minimum Gasteiger partial charge on any atom is -0.493 e. The fourth-order valence-electron chi connectivity index (χ4n) is 2.23. The Labute approximate surface area is 150 Å². The molecule has 2 aromatic carbocycles. The van der Waals surface area contributed by atoms with Gasteiger partial charge in [0.15, 0.2) is 0 Å². The maximum Gasteiger partial charge on any atom is 0.296 e. The lowest BCUT2D eigenvalue weighted by atomic mass is 10.1. The second-order valence-corrected chi connectivity index (χ2v) is 8.16. The van der Waals surface area contributed by atoms with Crippen LogP contribution in [0.4, 0.5) is 0 Å². The first-order valence-electron chi connectivity index (χ1n) is 8.54. The van der Waals surface area contributed by atoms with Crippen LogP contribution < -0.4 is 4.74 Å². The van der Waals surface area contributed by atoms with E-state index in [1.54, 1.807) is 24.3 Å². The van der Waals surface area contributed by atoms with Crippen molar-refractivity contribution >= 4 is 10.1 Å². The SMILES string of the molecule is Cc1ccc(S(=O)(=O)OCCCc2ccc(OCC(C)C)cc2)cc1. The van der Waals surface area contributed by atoms with Crippen molar-refractivity contribution in [3.63, 3.8) is 0 Å². The van der Waals surface area contributed by atoms with Gasteiger partial charge in [0, 0.05) is 0 Å². The smallest absolute Gasteiger partial charge is 0.296 e. The van der Waals surface area contributed by atoms with Gasteiger partial charge in [0.05, 0.1) is 18.1 Å². The van der Waals surface area contributed by atoms with Crippen molar-refractivity contribution in [3.8, 4) is 5.75 Å². The van der Waals surface area contributed by atoms with Gasteiger partial charge in [-0.3, -0.25) is 4.18 Å². The number of hydrogen-bond donors (Lipinski definition) is 0. The molecular weight excluding hydrogens is 336 g/mol. The molecule has 0 radical (unpaired) electrons. The third kappa shape index (κ3) is 6.52. The predicted octanol–water partition coefficient (Wildman–Crippen LogP) is 4.37. The van der Waals surface area contributed by atoms with Crippen LogP contribution in [0.15, 0.2) is 53.4 Å². The van der Waals surface area contributed by atoms with Gasteiger partial charge in [-0.2, -0.15) is 8.42 Å². The molecule has 0 unspecified atom stereocenters. The largest absolute Gasteiger partial charge is 0.493 e. The molecule has 0 aliphatic heterocycles. The van der Waals surface area contributed by atoms with Crippen molar-refractivity contribution in [2.45, 2.75) is 38.5 Å². The molecule has 0 atom stereocenters. The first-order valence-corrected chi connectivity index (χ1v) is 9.95. The Morgan fingerprint density at radius 2 is 1.60 bits per heavy atom. The van der Waals surface area contributed by atoms with Gasteiger partial charge in [0.25, 0.3) is 10.1 Å². The van der Waals surface area contributed by atoms with Crippen LogP contribution in [0.3, 0.4) is 0 Å². The topological polar surface area (TPSA) is 52.6 Å². The number of rotatable bonds is 9. The quantitative estimate of drug-likeness (QED) is 0.491. The van der Waals surface area contributed by atoms with E-state index in [2.05, 4.69) is 13.8 Å². The highest BCUT2D eigenvalue weighted by atomic mass is 32.2. The zero-order chi connectivity index (χ0) is 18.3. The van der Waals surface area contributed by atoms with Crippen molar-refractivity contribution in [1.82, 2.24) is 0 Å². The molecule has 0 amide bonds. The Bertz CT molecular complexity index is 747. The summed E-state index contributed by atoms with van der Waals surface area (Å²) in [7, 11) is -3.67. The van der Waals surface area contributed by atoms with E-state index in [-0.39, 0.29) is 11.5 Å². The molecule has 0 saturated carbocycles. The number of hydrogen-bond acceptors (Lipinski definition) is 4. The lowest BCUT2D eigenvalue weighted by molar-refractivity contribution is 0.271. The minimum absolute atomic E-state index is 0.168. The molecule has 0 heterocycles. The van der Waals surface area contributed by atoms with Crippen molar-refractivity contribution in [1.29, 1.82) is 0 Å². The number of benzene rings is 2. The molecule has 0 spiro atoms. The molecule has 4 nitrogen and oxygen atoms in total. The highest BCUT2D eigenvalue weighted by molar-refractivity contribution is 7.86. The van der Waals surface area contributed by atoms with Gasteiger partial charge < -0.3 is 4.74 Å². The van der Waals surface area contributed by atoms with E-state index in [9.17, 15) is 8.42 Å². The molecule has 2 rings (SSSR count). The van der Waals surface area contributed by atoms with Crippen LogP contribution in [0.1, 0.15) is 31.4 Å². The van der Waals surface area contributed by atoms with Crippen LogP contribution in [0.2, 0.25) is 0 Å². The van der Waals surface area contributed by atoms with Crippen LogP contribution in [0.5, 0.6) is 5.75 Å². The zero-order valence-corrected chi connectivity index (χ0v) is 15.9. The Balaban J connectivity index is 1.78. The lowest BCUT2D eigenvalue weighted by Crippen LogP contribution is -2.08. The summed E-state index contributed by atoms with van der Waals surface area (Å²) in [5.41, 5.74) is 2.15. The van der Waals surface area contributed by atoms with Crippen LogP contribution >= 0.6 is 0 Å². The average molecular weight is 362 g/mol. The predicted molar refractivity (Wildman–Crippen MR) is 99.4 cm³/mol. The molecule has 2 aromatic rings. The van der Waals surface area contributed by atoms with Crippen LogP contribution in [-0.2, 0) is 20.7 Å². The van der Waals surface area contributed by atoms with Gasteiger partial charge >= 0.3 is 0 Å². The van der Waals surface area contributed by atoms with E-state index in [1.165, 1.54) is 0 Å². The molecular formula is C20H26O4S. The fraction of sp³-hybridized carbons (Fsp3) is 0.400. The van der Waals surface area contributed by atoms with Gasteiger partial charge in [-0.05, 0) is 55.5 Å². The van der Waals surface area contributed by atoms with Crippen molar-refractivity contribution < 1.29 is 17.3 Å². The zero-order valence-electron chi connectivity index (χ0n) is 15.1. The van der Waals surface area contributed by atoms with E-state index in [0.29, 0.717) is 18.9 Å². The third-order valence-electron chi connectivity index (χ3n) is 3.66. The monoisotopic (exact) mass is 362 g/mol. The molecule has 0 N–H and O–H groups in total. The van der Waals surface area contributed by atoms with E-state index >= 15 is 0 Å². The van der Waals surface area contributed by atoms with Crippen molar-refractivity contribution in [2.75, 3.05) is 13.2 Å². The summed E-state index contributed by atoms with van der Waals surface area (Å²) in [4.78, 5) is 0.199. The fourth-order valence-corrected chi connectivity index (χ4v) is 3.18. The van der Waals surface area contributed by atoms with Crippen molar-refractivity contribution in [2.24, 2.45) is 5.92 Å². The molecule has 0 aliphatic carbocycles. The average Bonchev–Trinajstić information content (AvgIpc) is 2.58. The summed E-state index contributed by atoms with van der Waals surface area (Å²) in [5, 5.41) is 0.